The third-order valence-corrected chi connectivity index (χ3v) is 4.43. The maximum Gasteiger partial charge on any atom is 0.266 e. The smallest absolute Gasteiger partial charge is 0.266 e. The minimum atomic E-state index is -0.427. The normalized spacial score (nSPS) is 10.8. The lowest BCUT2D eigenvalue weighted by molar-refractivity contribution is -0.112. The number of benzene rings is 3. The van der Waals surface area contributed by atoms with E-state index in [1.54, 1.807) is 6.08 Å². The summed E-state index contributed by atoms with van der Waals surface area (Å²) in [6.07, 6.45) is 2.36. The molecule has 3 rings (SSSR count). The molecule has 3 aromatic rings. The van der Waals surface area contributed by atoms with Crippen molar-refractivity contribution in [3.05, 3.63) is 101 Å². The third kappa shape index (κ3) is 5.57. The summed E-state index contributed by atoms with van der Waals surface area (Å²) >= 11 is 0. The Kier molecular flexibility index (Phi) is 6.80. The van der Waals surface area contributed by atoms with Gasteiger partial charge in [0.15, 0.2) is 0 Å². The van der Waals surface area contributed by atoms with Crippen LogP contribution in [0.4, 0.5) is 5.69 Å². The Balaban J connectivity index is 1.73. The van der Waals surface area contributed by atoms with E-state index < -0.39 is 5.91 Å². The predicted octanol–water partition coefficient (Wildman–Crippen LogP) is 5.37. The number of nitrogens with one attached hydrogen (secondary N) is 1. The minimum Gasteiger partial charge on any atom is -0.489 e. The highest BCUT2D eigenvalue weighted by Crippen LogP contribution is 2.19. The van der Waals surface area contributed by atoms with Crippen LogP contribution in [0.15, 0.2) is 84.4 Å². The van der Waals surface area contributed by atoms with E-state index in [-0.39, 0.29) is 5.57 Å². The average molecular weight is 382 g/mol. The molecule has 4 heteroatoms. The van der Waals surface area contributed by atoms with Crippen molar-refractivity contribution >= 4 is 17.7 Å². The summed E-state index contributed by atoms with van der Waals surface area (Å²) in [6.45, 7) is 2.47. The first-order chi connectivity index (χ1) is 14.2. The molecule has 1 N–H and O–H groups in total. The molecular weight excluding hydrogens is 360 g/mol. The summed E-state index contributed by atoms with van der Waals surface area (Å²) in [6, 6.07) is 26.8. The van der Waals surface area contributed by atoms with E-state index in [1.165, 1.54) is 0 Å². The number of rotatable bonds is 7. The number of hydrogen-bond donors (Lipinski definition) is 1. The number of carbonyl (C=O) groups excluding carboxylic acids is 1. The Labute approximate surface area is 171 Å². The van der Waals surface area contributed by atoms with Gasteiger partial charge in [0.2, 0.25) is 0 Å². The van der Waals surface area contributed by atoms with Gasteiger partial charge in [-0.1, -0.05) is 67.6 Å². The second kappa shape index (κ2) is 9.91. The van der Waals surface area contributed by atoms with Crippen LogP contribution < -0.4 is 10.1 Å². The highest BCUT2D eigenvalue weighted by atomic mass is 16.5. The lowest BCUT2D eigenvalue weighted by Gasteiger charge is -2.09. The van der Waals surface area contributed by atoms with Gasteiger partial charge in [-0.2, -0.15) is 5.26 Å². The van der Waals surface area contributed by atoms with E-state index in [0.717, 1.165) is 28.8 Å². The molecule has 144 valence electrons. The topological polar surface area (TPSA) is 62.1 Å². The zero-order chi connectivity index (χ0) is 20.5. The van der Waals surface area contributed by atoms with Crippen LogP contribution in [0.1, 0.15) is 23.6 Å². The van der Waals surface area contributed by atoms with Gasteiger partial charge in [0.1, 0.15) is 24.0 Å². The van der Waals surface area contributed by atoms with Crippen LogP contribution in [-0.4, -0.2) is 5.91 Å². The summed E-state index contributed by atoms with van der Waals surface area (Å²) in [7, 11) is 0. The van der Waals surface area contributed by atoms with Gasteiger partial charge in [0.25, 0.3) is 5.91 Å². The Morgan fingerprint density at radius 1 is 1.03 bits per heavy atom. The van der Waals surface area contributed by atoms with Crippen molar-refractivity contribution in [1.29, 1.82) is 5.26 Å². The van der Waals surface area contributed by atoms with Crippen molar-refractivity contribution in [2.75, 3.05) is 5.32 Å². The lowest BCUT2D eigenvalue weighted by atomic mass is 10.1. The van der Waals surface area contributed by atoms with Crippen molar-refractivity contribution in [3.8, 4) is 11.8 Å². The Hall–Kier alpha value is -3.84. The second-order valence-electron chi connectivity index (χ2n) is 6.48. The van der Waals surface area contributed by atoms with Crippen molar-refractivity contribution in [2.45, 2.75) is 20.0 Å². The fraction of sp³-hybridized carbons (Fsp3) is 0.120. The molecule has 29 heavy (non-hydrogen) atoms. The molecule has 4 nitrogen and oxygen atoms in total. The molecule has 0 atom stereocenters. The van der Waals surface area contributed by atoms with E-state index in [4.69, 9.17) is 4.74 Å². The first-order valence-corrected chi connectivity index (χ1v) is 9.47. The van der Waals surface area contributed by atoms with Crippen molar-refractivity contribution in [2.24, 2.45) is 0 Å². The maximum absolute atomic E-state index is 12.6. The number of nitrogens with zero attached hydrogens (tertiary/aromatic N) is 1. The van der Waals surface area contributed by atoms with Gasteiger partial charge in [0, 0.05) is 5.69 Å². The number of ether oxygens (including phenoxy) is 1. The van der Waals surface area contributed by atoms with Gasteiger partial charge in [-0.3, -0.25) is 4.79 Å². The van der Waals surface area contributed by atoms with Crippen LogP contribution >= 0.6 is 0 Å². The molecule has 0 unspecified atom stereocenters. The first kappa shape index (κ1) is 19.9. The predicted molar refractivity (Wildman–Crippen MR) is 115 cm³/mol. The minimum absolute atomic E-state index is 0.0381. The fourth-order valence-corrected chi connectivity index (χ4v) is 2.89. The van der Waals surface area contributed by atoms with E-state index in [9.17, 15) is 10.1 Å². The summed E-state index contributed by atoms with van der Waals surface area (Å²) in [5.74, 6) is 0.251. The van der Waals surface area contributed by atoms with E-state index in [0.29, 0.717) is 12.4 Å². The van der Waals surface area contributed by atoms with Crippen LogP contribution in [0.3, 0.4) is 0 Å². The summed E-state index contributed by atoms with van der Waals surface area (Å²) in [5.41, 5.74) is 3.58. The van der Waals surface area contributed by atoms with Gasteiger partial charge in [-0.25, -0.2) is 0 Å². The molecule has 0 aliphatic rings. The van der Waals surface area contributed by atoms with Gasteiger partial charge in [-0.05, 0) is 47.4 Å². The molecule has 1 amide bonds. The van der Waals surface area contributed by atoms with Crippen LogP contribution in [0.5, 0.6) is 5.75 Å². The SMILES string of the molecule is CCc1ccccc1NC(=O)/C(C#N)=C/c1cccc(OCc2ccccc2)c1. The number of carbonyl (C=O) groups is 1. The Bertz CT molecular complexity index is 1050. The van der Waals surface area contributed by atoms with E-state index >= 15 is 0 Å². The zero-order valence-electron chi connectivity index (χ0n) is 16.3. The molecule has 0 aliphatic heterocycles. The number of aryl methyl sites for hydroxylation is 1. The molecule has 0 radical (unpaired) electrons. The van der Waals surface area contributed by atoms with Crippen LogP contribution in [0.25, 0.3) is 6.08 Å². The zero-order valence-corrected chi connectivity index (χ0v) is 16.3. The third-order valence-electron chi connectivity index (χ3n) is 4.43. The number of anilines is 1. The van der Waals surface area contributed by atoms with Gasteiger partial charge < -0.3 is 10.1 Å². The molecular formula is C25H22N2O2. The molecule has 0 spiro atoms. The molecule has 0 heterocycles. The van der Waals surface area contributed by atoms with Crippen LogP contribution in [-0.2, 0) is 17.8 Å². The summed E-state index contributed by atoms with van der Waals surface area (Å²) in [4.78, 5) is 12.6. The van der Waals surface area contributed by atoms with Crippen molar-refractivity contribution in [3.63, 3.8) is 0 Å². The van der Waals surface area contributed by atoms with Crippen LogP contribution in [0, 0.1) is 11.3 Å². The molecule has 3 aromatic carbocycles. The van der Waals surface area contributed by atoms with Gasteiger partial charge >= 0.3 is 0 Å². The number of hydrogen-bond acceptors (Lipinski definition) is 3. The quantitative estimate of drug-likeness (QED) is 0.441. The number of para-hydroxylation sites is 1. The van der Waals surface area contributed by atoms with Crippen molar-refractivity contribution in [1.82, 2.24) is 0 Å². The first-order valence-electron chi connectivity index (χ1n) is 9.47. The molecule has 0 bridgehead atoms. The van der Waals surface area contributed by atoms with Gasteiger partial charge in [0.05, 0.1) is 0 Å². The molecule has 0 aliphatic carbocycles. The largest absolute Gasteiger partial charge is 0.489 e. The standard InChI is InChI=1S/C25H22N2O2/c1-2-21-12-6-7-14-24(21)27-25(28)22(17-26)15-20-11-8-13-23(16-20)29-18-19-9-4-3-5-10-19/h3-16H,2,18H2,1H3,(H,27,28)/b22-15+. The highest BCUT2D eigenvalue weighted by Gasteiger charge is 2.11. The van der Waals surface area contributed by atoms with Gasteiger partial charge in [-0.15, -0.1) is 0 Å². The number of nitriles is 1. The highest BCUT2D eigenvalue weighted by molar-refractivity contribution is 6.10. The summed E-state index contributed by atoms with van der Waals surface area (Å²) in [5, 5.41) is 12.3. The maximum atomic E-state index is 12.6. The molecule has 0 aromatic heterocycles. The molecule has 0 fully saturated rings. The number of amides is 1. The molecule has 0 saturated carbocycles. The molecule has 0 saturated heterocycles. The monoisotopic (exact) mass is 382 g/mol. The van der Waals surface area contributed by atoms with E-state index in [1.807, 2.05) is 91.9 Å². The fourth-order valence-electron chi connectivity index (χ4n) is 2.89. The average Bonchev–Trinajstić information content (AvgIpc) is 2.77. The lowest BCUT2D eigenvalue weighted by Crippen LogP contribution is -2.14. The summed E-state index contributed by atoms with van der Waals surface area (Å²) < 4.78 is 5.82. The second-order valence-corrected chi connectivity index (χ2v) is 6.48. The van der Waals surface area contributed by atoms with Crippen LogP contribution in [0.2, 0.25) is 0 Å². The Morgan fingerprint density at radius 3 is 2.55 bits per heavy atom. The Morgan fingerprint density at radius 2 is 1.79 bits per heavy atom. The van der Waals surface area contributed by atoms with E-state index in [2.05, 4.69) is 5.32 Å². The van der Waals surface area contributed by atoms with Crippen molar-refractivity contribution < 1.29 is 9.53 Å².